The molecule has 0 unspecified atom stereocenters. The van der Waals surface area contributed by atoms with Gasteiger partial charge in [-0.15, -0.1) is 0 Å². The molecule has 5 nitrogen and oxygen atoms in total. The first-order chi connectivity index (χ1) is 16.0. The third-order valence-electron chi connectivity index (χ3n) is 6.05. The second-order valence-electron chi connectivity index (χ2n) is 9.27. The Morgan fingerprint density at radius 3 is 1.18 bits per heavy atom. The summed E-state index contributed by atoms with van der Waals surface area (Å²) in [7, 11) is 0. The first-order valence-corrected chi connectivity index (χ1v) is 13.5. The van der Waals surface area contributed by atoms with Crippen molar-refractivity contribution in [2.24, 2.45) is 0 Å². The molecular formula is C28H48O5. The van der Waals surface area contributed by atoms with Crippen molar-refractivity contribution in [3.8, 4) is 11.5 Å². The van der Waals surface area contributed by atoms with Gasteiger partial charge in [0.05, 0.1) is 0 Å². The van der Waals surface area contributed by atoms with Crippen LogP contribution in [0.2, 0.25) is 0 Å². The Balaban J connectivity index is 2.32. The molecule has 0 N–H and O–H groups in total. The number of hydrogen-bond donors (Lipinski definition) is 0. The third kappa shape index (κ3) is 13.5. The first kappa shape index (κ1) is 29.3. The number of aryl methyl sites for hydroxylation is 2. The molecule has 0 atom stereocenters. The molecule has 0 aromatic carbocycles. The highest BCUT2D eigenvalue weighted by Crippen LogP contribution is 2.38. The molecule has 0 fully saturated rings. The highest BCUT2D eigenvalue weighted by atomic mass is 16.6. The maximum Gasteiger partial charge on any atom is 0.311 e. The van der Waals surface area contributed by atoms with Gasteiger partial charge < -0.3 is 13.9 Å². The third-order valence-corrected chi connectivity index (χ3v) is 6.05. The van der Waals surface area contributed by atoms with E-state index >= 15 is 0 Å². The lowest BCUT2D eigenvalue weighted by Crippen LogP contribution is -2.12. The summed E-state index contributed by atoms with van der Waals surface area (Å²) in [6.45, 7) is 7.89. The summed E-state index contributed by atoms with van der Waals surface area (Å²) >= 11 is 0. The minimum Gasteiger partial charge on any atom is -0.459 e. The molecule has 0 bridgehead atoms. The van der Waals surface area contributed by atoms with E-state index in [0.717, 1.165) is 38.5 Å². The minimum absolute atomic E-state index is 0.251. The molecule has 5 heteroatoms. The summed E-state index contributed by atoms with van der Waals surface area (Å²) in [6.07, 6.45) is 19.5. The fourth-order valence-electron chi connectivity index (χ4n) is 4.01. The molecule has 0 aliphatic carbocycles. The molecule has 0 spiro atoms. The van der Waals surface area contributed by atoms with E-state index in [9.17, 15) is 9.59 Å². The van der Waals surface area contributed by atoms with E-state index in [1.165, 1.54) is 64.2 Å². The molecule has 1 aromatic heterocycles. The van der Waals surface area contributed by atoms with Gasteiger partial charge in [-0.2, -0.15) is 0 Å². The van der Waals surface area contributed by atoms with Crippen LogP contribution in [-0.4, -0.2) is 11.9 Å². The first-order valence-electron chi connectivity index (χ1n) is 13.5. The molecule has 0 saturated heterocycles. The Hall–Kier alpha value is -1.78. The van der Waals surface area contributed by atoms with E-state index in [4.69, 9.17) is 13.9 Å². The quantitative estimate of drug-likeness (QED) is 0.142. The number of carbonyl (C=O) groups excluding carboxylic acids is 2. The standard InChI is InChI=1S/C28H48O5/c1-5-7-9-11-13-15-17-19-21-25(29)32-27-23(3)31-24(4)28(27)33-26(30)22-20-18-16-14-12-10-8-6-2/h5-22H2,1-4H3. The number of rotatable bonds is 20. The number of esters is 2. The lowest BCUT2D eigenvalue weighted by Gasteiger charge is -2.08. The minimum atomic E-state index is -0.301. The second-order valence-corrected chi connectivity index (χ2v) is 9.27. The molecule has 1 aromatic rings. The fraction of sp³-hybridized carbons (Fsp3) is 0.786. The number of unbranched alkanes of at least 4 members (excludes halogenated alkanes) is 14. The van der Waals surface area contributed by atoms with Crippen molar-refractivity contribution in [1.29, 1.82) is 0 Å². The Morgan fingerprint density at radius 1 is 0.545 bits per heavy atom. The van der Waals surface area contributed by atoms with Gasteiger partial charge in [-0.05, 0) is 26.7 Å². The predicted octanol–water partition coefficient (Wildman–Crippen LogP) is 8.77. The molecule has 0 aliphatic heterocycles. The largest absolute Gasteiger partial charge is 0.459 e. The topological polar surface area (TPSA) is 65.7 Å². The van der Waals surface area contributed by atoms with Gasteiger partial charge in [-0.3, -0.25) is 9.59 Å². The van der Waals surface area contributed by atoms with Gasteiger partial charge in [0, 0.05) is 12.8 Å². The van der Waals surface area contributed by atoms with Crippen LogP contribution in [0.3, 0.4) is 0 Å². The van der Waals surface area contributed by atoms with Crippen LogP contribution in [0, 0.1) is 13.8 Å². The average Bonchev–Trinajstić information content (AvgIpc) is 3.04. The summed E-state index contributed by atoms with van der Waals surface area (Å²) in [6, 6.07) is 0. The van der Waals surface area contributed by atoms with Gasteiger partial charge in [-0.1, -0.05) is 104 Å². The van der Waals surface area contributed by atoms with Gasteiger partial charge in [0.25, 0.3) is 0 Å². The molecule has 0 aliphatic rings. The summed E-state index contributed by atoms with van der Waals surface area (Å²) in [4.78, 5) is 24.6. The smallest absolute Gasteiger partial charge is 0.311 e. The fourth-order valence-corrected chi connectivity index (χ4v) is 4.01. The van der Waals surface area contributed by atoms with Crippen molar-refractivity contribution in [3.05, 3.63) is 11.5 Å². The SMILES string of the molecule is CCCCCCCCCCC(=O)Oc1c(C)oc(C)c1OC(=O)CCCCCCCCCC. The number of hydrogen-bond acceptors (Lipinski definition) is 5. The van der Waals surface area contributed by atoms with Gasteiger partial charge in [0.15, 0.2) is 0 Å². The van der Waals surface area contributed by atoms with Crippen molar-refractivity contribution in [2.45, 2.75) is 143 Å². The zero-order chi connectivity index (χ0) is 24.3. The van der Waals surface area contributed by atoms with E-state index in [2.05, 4.69) is 13.8 Å². The van der Waals surface area contributed by atoms with Crippen LogP contribution >= 0.6 is 0 Å². The van der Waals surface area contributed by atoms with Crippen LogP contribution in [0.4, 0.5) is 0 Å². The van der Waals surface area contributed by atoms with Gasteiger partial charge >= 0.3 is 11.9 Å². The van der Waals surface area contributed by atoms with Crippen molar-refractivity contribution in [1.82, 2.24) is 0 Å². The predicted molar refractivity (Wildman–Crippen MR) is 134 cm³/mol. The average molecular weight is 465 g/mol. The molecule has 190 valence electrons. The number of carbonyl (C=O) groups is 2. The van der Waals surface area contributed by atoms with Crippen molar-refractivity contribution < 1.29 is 23.5 Å². The zero-order valence-corrected chi connectivity index (χ0v) is 21.8. The van der Waals surface area contributed by atoms with E-state index < -0.39 is 0 Å². The number of ether oxygens (including phenoxy) is 2. The molecule has 0 saturated carbocycles. The van der Waals surface area contributed by atoms with Crippen LogP contribution in [-0.2, 0) is 9.59 Å². The van der Waals surface area contributed by atoms with Gasteiger partial charge in [0.2, 0.25) is 11.5 Å². The maximum atomic E-state index is 12.3. The Kier molecular flexibility index (Phi) is 16.5. The van der Waals surface area contributed by atoms with E-state index in [-0.39, 0.29) is 23.4 Å². The monoisotopic (exact) mass is 464 g/mol. The molecular weight excluding hydrogens is 416 g/mol. The summed E-state index contributed by atoms with van der Waals surface area (Å²) in [5.74, 6) is 0.830. The summed E-state index contributed by atoms with van der Waals surface area (Å²) in [5, 5.41) is 0. The van der Waals surface area contributed by atoms with Crippen molar-refractivity contribution in [3.63, 3.8) is 0 Å². The summed E-state index contributed by atoms with van der Waals surface area (Å²) < 4.78 is 16.6. The molecule has 0 amide bonds. The van der Waals surface area contributed by atoms with E-state index in [0.29, 0.717) is 24.4 Å². The van der Waals surface area contributed by atoms with Crippen LogP contribution in [0.25, 0.3) is 0 Å². The van der Waals surface area contributed by atoms with Crippen LogP contribution in [0.5, 0.6) is 11.5 Å². The maximum absolute atomic E-state index is 12.3. The molecule has 1 rings (SSSR count). The lowest BCUT2D eigenvalue weighted by atomic mass is 10.1. The van der Waals surface area contributed by atoms with Gasteiger partial charge in [-0.25, -0.2) is 0 Å². The van der Waals surface area contributed by atoms with E-state index in [1.807, 2.05) is 0 Å². The summed E-state index contributed by atoms with van der Waals surface area (Å²) in [5.41, 5.74) is 0. The Bertz CT molecular complexity index is 607. The normalized spacial score (nSPS) is 11.0. The van der Waals surface area contributed by atoms with Gasteiger partial charge in [0.1, 0.15) is 11.5 Å². The van der Waals surface area contributed by atoms with Crippen LogP contribution in [0.1, 0.15) is 141 Å². The van der Waals surface area contributed by atoms with Crippen LogP contribution < -0.4 is 9.47 Å². The Morgan fingerprint density at radius 2 is 0.848 bits per heavy atom. The number of furan rings is 1. The molecule has 1 heterocycles. The van der Waals surface area contributed by atoms with Crippen LogP contribution in [0.15, 0.2) is 4.42 Å². The van der Waals surface area contributed by atoms with Crippen molar-refractivity contribution in [2.75, 3.05) is 0 Å². The highest BCUT2D eigenvalue weighted by molar-refractivity contribution is 5.77. The highest BCUT2D eigenvalue weighted by Gasteiger charge is 2.23. The molecule has 33 heavy (non-hydrogen) atoms. The zero-order valence-electron chi connectivity index (χ0n) is 21.8. The van der Waals surface area contributed by atoms with E-state index in [1.54, 1.807) is 13.8 Å². The lowest BCUT2D eigenvalue weighted by molar-refractivity contribution is -0.137. The second kappa shape index (κ2) is 18.6. The molecule has 0 radical (unpaired) electrons. The van der Waals surface area contributed by atoms with Crippen molar-refractivity contribution >= 4 is 11.9 Å². The Labute approximate surface area is 202 Å².